The second kappa shape index (κ2) is 5.21. The summed E-state index contributed by atoms with van der Waals surface area (Å²) in [5.41, 5.74) is 2.11. The van der Waals surface area contributed by atoms with Crippen LogP contribution in [0.25, 0.3) is 0 Å². The molecule has 1 N–H and O–H groups in total. The summed E-state index contributed by atoms with van der Waals surface area (Å²) in [6.45, 7) is 4.60. The normalized spacial score (nSPS) is 9.57. The smallest absolute Gasteiger partial charge is 0.407 e. The molecule has 0 spiro atoms. The van der Waals surface area contributed by atoms with Crippen LogP contribution < -0.4 is 5.32 Å². The monoisotopic (exact) mass is 194 g/mol. The lowest BCUT2D eigenvalue weighted by atomic mass is 10.2. The summed E-state index contributed by atoms with van der Waals surface area (Å²) >= 11 is 0. The Morgan fingerprint density at radius 2 is 2.43 bits per heavy atom. The van der Waals surface area contributed by atoms with Gasteiger partial charge in [-0.05, 0) is 31.0 Å². The molecule has 0 saturated heterocycles. The molecule has 76 valence electrons. The number of carbonyl (C=O) groups is 1. The van der Waals surface area contributed by atoms with Crippen molar-refractivity contribution in [1.29, 1.82) is 0 Å². The Kier molecular flexibility index (Phi) is 3.91. The van der Waals surface area contributed by atoms with E-state index in [1.165, 1.54) is 0 Å². The topological polar surface area (TPSA) is 51.2 Å². The predicted octanol–water partition coefficient (Wildman–Crippen LogP) is 1.64. The van der Waals surface area contributed by atoms with E-state index in [-0.39, 0.29) is 6.09 Å². The number of carbonyl (C=O) groups excluding carboxylic acids is 1. The van der Waals surface area contributed by atoms with E-state index in [9.17, 15) is 4.79 Å². The fraction of sp³-hybridized carbons (Fsp3) is 0.400. The summed E-state index contributed by atoms with van der Waals surface area (Å²) in [6.07, 6.45) is 3.08. The van der Waals surface area contributed by atoms with Crippen molar-refractivity contribution in [3.8, 4) is 0 Å². The Hall–Kier alpha value is -1.58. The number of amides is 1. The van der Waals surface area contributed by atoms with E-state index in [0.29, 0.717) is 13.2 Å². The molecule has 1 aromatic heterocycles. The second-order valence-electron chi connectivity index (χ2n) is 2.88. The SMILES string of the molecule is CCOC(=O)NCc1ccncc1C. The molecule has 0 aliphatic carbocycles. The fourth-order valence-corrected chi connectivity index (χ4v) is 1.05. The molecule has 4 heteroatoms. The van der Waals surface area contributed by atoms with Crippen molar-refractivity contribution in [3.05, 3.63) is 29.6 Å². The predicted molar refractivity (Wildman–Crippen MR) is 52.8 cm³/mol. The van der Waals surface area contributed by atoms with Crippen LogP contribution in [0, 0.1) is 6.92 Å². The molecule has 0 bridgehead atoms. The number of alkyl carbamates (subject to hydrolysis) is 1. The second-order valence-corrected chi connectivity index (χ2v) is 2.88. The molecule has 0 saturated carbocycles. The van der Waals surface area contributed by atoms with Crippen molar-refractivity contribution >= 4 is 6.09 Å². The zero-order valence-corrected chi connectivity index (χ0v) is 8.41. The molecule has 0 radical (unpaired) electrons. The lowest BCUT2D eigenvalue weighted by Crippen LogP contribution is -2.24. The first-order chi connectivity index (χ1) is 6.74. The lowest BCUT2D eigenvalue weighted by Gasteiger charge is -2.06. The molecule has 4 nitrogen and oxygen atoms in total. The van der Waals surface area contributed by atoms with Gasteiger partial charge in [-0.3, -0.25) is 4.98 Å². The number of rotatable bonds is 3. The molecule has 0 fully saturated rings. The first-order valence-corrected chi connectivity index (χ1v) is 4.54. The number of hydrogen-bond donors (Lipinski definition) is 1. The van der Waals surface area contributed by atoms with Gasteiger partial charge in [-0.15, -0.1) is 0 Å². The summed E-state index contributed by atoms with van der Waals surface area (Å²) in [5.74, 6) is 0. The zero-order valence-electron chi connectivity index (χ0n) is 8.41. The van der Waals surface area contributed by atoms with Gasteiger partial charge in [-0.25, -0.2) is 4.79 Å². The molecule has 0 atom stereocenters. The molecule has 14 heavy (non-hydrogen) atoms. The van der Waals surface area contributed by atoms with E-state index in [0.717, 1.165) is 11.1 Å². The van der Waals surface area contributed by atoms with Crippen LogP contribution in [-0.2, 0) is 11.3 Å². The number of nitrogens with one attached hydrogen (secondary N) is 1. The van der Waals surface area contributed by atoms with E-state index in [2.05, 4.69) is 10.3 Å². The summed E-state index contributed by atoms with van der Waals surface area (Å²) in [5, 5.41) is 2.65. The maximum absolute atomic E-state index is 11.0. The van der Waals surface area contributed by atoms with Crippen LogP contribution in [0.4, 0.5) is 4.79 Å². The minimum absolute atomic E-state index is 0.385. The Bertz CT molecular complexity index is 313. The highest BCUT2D eigenvalue weighted by Gasteiger charge is 2.01. The van der Waals surface area contributed by atoms with Crippen LogP contribution >= 0.6 is 0 Å². The van der Waals surface area contributed by atoms with Gasteiger partial charge in [0.2, 0.25) is 0 Å². The summed E-state index contributed by atoms with van der Waals surface area (Å²) in [4.78, 5) is 14.9. The van der Waals surface area contributed by atoms with E-state index >= 15 is 0 Å². The summed E-state index contributed by atoms with van der Waals surface area (Å²) in [7, 11) is 0. The molecular formula is C10H14N2O2. The Morgan fingerprint density at radius 3 is 3.07 bits per heavy atom. The van der Waals surface area contributed by atoms with E-state index in [4.69, 9.17) is 4.74 Å². The van der Waals surface area contributed by atoms with Crippen LogP contribution in [0.2, 0.25) is 0 Å². The number of ether oxygens (including phenoxy) is 1. The number of hydrogen-bond acceptors (Lipinski definition) is 3. The van der Waals surface area contributed by atoms with Crippen molar-refractivity contribution in [2.24, 2.45) is 0 Å². The number of aryl methyl sites for hydroxylation is 1. The summed E-state index contributed by atoms with van der Waals surface area (Å²) < 4.78 is 4.74. The maximum Gasteiger partial charge on any atom is 0.407 e. The van der Waals surface area contributed by atoms with Gasteiger partial charge in [0.1, 0.15) is 0 Å². The number of nitrogens with zero attached hydrogens (tertiary/aromatic N) is 1. The van der Waals surface area contributed by atoms with Crippen molar-refractivity contribution in [2.45, 2.75) is 20.4 Å². The summed E-state index contributed by atoms with van der Waals surface area (Å²) in [6, 6.07) is 1.88. The minimum Gasteiger partial charge on any atom is -0.450 e. The highest BCUT2D eigenvalue weighted by atomic mass is 16.5. The van der Waals surface area contributed by atoms with Crippen LogP contribution in [-0.4, -0.2) is 17.7 Å². The van der Waals surface area contributed by atoms with Gasteiger partial charge in [0.05, 0.1) is 6.61 Å². The minimum atomic E-state index is -0.385. The van der Waals surface area contributed by atoms with Gasteiger partial charge in [0, 0.05) is 18.9 Å². The molecule has 1 amide bonds. The largest absolute Gasteiger partial charge is 0.450 e. The Balaban J connectivity index is 2.46. The molecule has 1 aromatic rings. The van der Waals surface area contributed by atoms with Crippen molar-refractivity contribution in [3.63, 3.8) is 0 Å². The number of aromatic nitrogens is 1. The van der Waals surface area contributed by atoms with Crippen LogP contribution in [0.15, 0.2) is 18.5 Å². The average Bonchev–Trinajstić information content (AvgIpc) is 2.17. The van der Waals surface area contributed by atoms with Crippen molar-refractivity contribution in [1.82, 2.24) is 10.3 Å². The molecule has 0 aromatic carbocycles. The van der Waals surface area contributed by atoms with Crippen LogP contribution in [0.3, 0.4) is 0 Å². The Morgan fingerprint density at radius 1 is 1.64 bits per heavy atom. The van der Waals surface area contributed by atoms with Crippen LogP contribution in [0.1, 0.15) is 18.1 Å². The maximum atomic E-state index is 11.0. The first kappa shape index (κ1) is 10.5. The lowest BCUT2D eigenvalue weighted by molar-refractivity contribution is 0.151. The molecule has 0 aliphatic rings. The number of pyridine rings is 1. The quantitative estimate of drug-likeness (QED) is 0.795. The zero-order chi connectivity index (χ0) is 10.4. The van der Waals surface area contributed by atoms with Gasteiger partial charge in [0.15, 0.2) is 0 Å². The molecule has 0 unspecified atom stereocenters. The van der Waals surface area contributed by atoms with Gasteiger partial charge >= 0.3 is 6.09 Å². The third-order valence-corrected chi connectivity index (χ3v) is 1.84. The van der Waals surface area contributed by atoms with Crippen LogP contribution in [0.5, 0.6) is 0 Å². The van der Waals surface area contributed by atoms with Gasteiger partial charge in [-0.2, -0.15) is 0 Å². The molecule has 0 aliphatic heterocycles. The molecule has 1 rings (SSSR count). The third kappa shape index (κ3) is 3.05. The van der Waals surface area contributed by atoms with Crippen molar-refractivity contribution in [2.75, 3.05) is 6.61 Å². The first-order valence-electron chi connectivity index (χ1n) is 4.54. The van der Waals surface area contributed by atoms with Gasteiger partial charge in [0.25, 0.3) is 0 Å². The fourth-order valence-electron chi connectivity index (χ4n) is 1.05. The standard InChI is InChI=1S/C10H14N2O2/c1-3-14-10(13)12-7-9-4-5-11-6-8(9)2/h4-6H,3,7H2,1-2H3,(H,12,13). The Labute approximate surface area is 83.3 Å². The third-order valence-electron chi connectivity index (χ3n) is 1.84. The van der Waals surface area contributed by atoms with E-state index < -0.39 is 0 Å². The van der Waals surface area contributed by atoms with Gasteiger partial charge in [-0.1, -0.05) is 0 Å². The average molecular weight is 194 g/mol. The molecule has 1 heterocycles. The highest BCUT2D eigenvalue weighted by Crippen LogP contribution is 2.03. The van der Waals surface area contributed by atoms with Crippen molar-refractivity contribution < 1.29 is 9.53 Å². The van der Waals surface area contributed by atoms with E-state index in [1.807, 2.05) is 13.0 Å². The van der Waals surface area contributed by atoms with Gasteiger partial charge < -0.3 is 10.1 Å². The van der Waals surface area contributed by atoms with E-state index in [1.54, 1.807) is 19.3 Å². The molecular weight excluding hydrogens is 180 g/mol. The highest BCUT2D eigenvalue weighted by molar-refractivity contribution is 5.67.